The van der Waals surface area contributed by atoms with Crippen molar-refractivity contribution in [3.05, 3.63) is 11.9 Å². The summed E-state index contributed by atoms with van der Waals surface area (Å²) in [5.74, 6) is 2.67. The fraction of sp³-hybridized carbons (Fsp3) is 0.733. The molecule has 6 heteroatoms. The van der Waals surface area contributed by atoms with Crippen molar-refractivity contribution in [1.82, 2.24) is 14.9 Å². The first kappa shape index (κ1) is 18.2. The number of aromatic nitrogens is 2. The highest BCUT2D eigenvalue weighted by Crippen LogP contribution is 2.19. The van der Waals surface area contributed by atoms with Crippen LogP contribution in [-0.4, -0.2) is 53.9 Å². The van der Waals surface area contributed by atoms with Gasteiger partial charge in [0, 0.05) is 32.0 Å². The zero-order valence-corrected chi connectivity index (χ0v) is 14.5. The van der Waals surface area contributed by atoms with Gasteiger partial charge in [-0.2, -0.15) is 0 Å². The molecule has 1 rings (SSSR count). The molecule has 0 saturated heterocycles. The smallest absolute Gasteiger partial charge is 0.157 e. The molecule has 1 heterocycles. The van der Waals surface area contributed by atoms with Crippen molar-refractivity contribution in [1.29, 1.82) is 0 Å². The molecular weight excluding hydrogens is 284 g/mol. The van der Waals surface area contributed by atoms with Crippen LogP contribution in [-0.2, 0) is 11.3 Å². The molecule has 1 aromatic rings. The van der Waals surface area contributed by atoms with Crippen molar-refractivity contribution in [3.8, 4) is 0 Å². The number of nitrogens with zero attached hydrogens (tertiary/aromatic N) is 3. The summed E-state index contributed by atoms with van der Waals surface area (Å²) >= 11 is 1.78. The lowest BCUT2D eigenvalue weighted by atomic mass is 10.4. The number of hydrogen-bond acceptors (Lipinski definition) is 6. The number of rotatable bonds is 11. The van der Waals surface area contributed by atoms with Gasteiger partial charge in [0.05, 0.1) is 0 Å². The lowest BCUT2D eigenvalue weighted by molar-refractivity contribution is 0.177. The summed E-state index contributed by atoms with van der Waals surface area (Å²) < 4.78 is 5.15. The van der Waals surface area contributed by atoms with E-state index in [1.807, 2.05) is 6.07 Å². The average Bonchev–Trinajstić information content (AvgIpc) is 2.50. The minimum atomic E-state index is 0.450. The van der Waals surface area contributed by atoms with Crippen molar-refractivity contribution >= 4 is 17.6 Å². The second-order valence-corrected chi connectivity index (χ2v) is 5.86. The Hall–Kier alpha value is -0.850. The number of nitrogens with one attached hydrogen (secondary N) is 1. The molecule has 0 amide bonds. The molecule has 0 aliphatic rings. The largest absolute Gasteiger partial charge is 0.377 e. The van der Waals surface area contributed by atoms with E-state index in [0.29, 0.717) is 6.61 Å². The van der Waals surface area contributed by atoms with Crippen LogP contribution in [0.25, 0.3) is 0 Å². The zero-order chi connectivity index (χ0) is 15.5. The summed E-state index contributed by atoms with van der Waals surface area (Å²) in [6.45, 7) is 11.2. The number of thioether (sulfide) groups is 1. The Kier molecular flexibility index (Phi) is 9.37. The highest BCUT2D eigenvalue weighted by atomic mass is 32.2. The van der Waals surface area contributed by atoms with E-state index in [1.54, 1.807) is 18.9 Å². The SMILES string of the molecule is CCCNc1cc(SCCN(CC)CC)nc(COC)n1. The molecule has 0 fully saturated rings. The molecule has 5 nitrogen and oxygen atoms in total. The van der Waals surface area contributed by atoms with Crippen LogP contribution >= 0.6 is 11.8 Å². The molecule has 0 atom stereocenters. The van der Waals surface area contributed by atoms with Gasteiger partial charge in [0.1, 0.15) is 17.5 Å². The van der Waals surface area contributed by atoms with Crippen LogP contribution in [0.4, 0.5) is 5.82 Å². The lowest BCUT2D eigenvalue weighted by Gasteiger charge is -2.17. The van der Waals surface area contributed by atoms with E-state index in [9.17, 15) is 0 Å². The Morgan fingerprint density at radius 2 is 2.00 bits per heavy atom. The summed E-state index contributed by atoms with van der Waals surface area (Å²) in [6.07, 6.45) is 1.08. The van der Waals surface area contributed by atoms with Crippen LogP contribution in [0.3, 0.4) is 0 Å². The molecule has 0 aromatic carbocycles. The maximum atomic E-state index is 5.15. The van der Waals surface area contributed by atoms with Gasteiger partial charge in [-0.25, -0.2) is 9.97 Å². The van der Waals surface area contributed by atoms with E-state index in [0.717, 1.165) is 55.0 Å². The molecule has 0 saturated carbocycles. The molecule has 0 aliphatic heterocycles. The summed E-state index contributed by atoms with van der Waals surface area (Å²) in [4.78, 5) is 11.4. The number of hydrogen-bond donors (Lipinski definition) is 1. The summed E-state index contributed by atoms with van der Waals surface area (Å²) in [7, 11) is 1.67. The standard InChI is InChI=1S/C15H28N4OS/c1-5-8-16-13-11-15(18-14(17-13)12-20-4)21-10-9-19(6-2)7-3/h11H,5-10,12H2,1-4H3,(H,16,17,18). The van der Waals surface area contributed by atoms with Gasteiger partial charge >= 0.3 is 0 Å². The van der Waals surface area contributed by atoms with E-state index in [-0.39, 0.29) is 0 Å². The van der Waals surface area contributed by atoms with Crippen LogP contribution in [0.5, 0.6) is 0 Å². The van der Waals surface area contributed by atoms with Crippen LogP contribution in [0.1, 0.15) is 33.0 Å². The molecule has 1 N–H and O–H groups in total. The van der Waals surface area contributed by atoms with Gasteiger partial charge in [-0.15, -0.1) is 11.8 Å². The topological polar surface area (TPSA) is 50.3 Å². The monoisotopic (exact) mass is 312 g/mol. The van der Waals surface area contributed by atoms with Crippen molar-refractivity contribution in [2.24, 2.45) is 0 Å². The fourth-order valence-electron chi connectivity index (χ4n) is 1.90. The number of methoxy groups -OCH3 is 1. The van der Waals surface area contributed by atoms with E-state index < -0.39 is 0 Å². The quantitative estimate of drug-likeness (QED) is 0.501. The minimum Gasteiger partial charge on any atom is -0.377 e. The van der Waals surface area contributed by atoms with Crippen molar-refractivity contribution < 1.29 is 4.74 Å². The highest BCUT2D eigenvalue weighted by Gasteiger charge is 2.06. The third-order valence-electron chi connectivity index (χ3n) is 3.13. The first-order valence-electron chi connectivity index (χ1n) is 7.69. The summed E-state index contributed by atoms with van der Waals surface area (Å²) in [6, 6.07) is 2.03. The highest BCUT2D eigenvalue weighted by molar-refractivity contribution is 7.99. The van der Waals surface area contributed by atoms with Crippen molar-refractivity contribution in [3.63, 3.8) is 0 Å². The fourth-order valence-corrected chi connectivity index (χ4v) is 2.83. The van der Waals surface area contributed by atoms with Crippen LogP contribution in [0, 0.1) is 0 Å². The van der Waals surface area contributed by atoms with Gasteiger partial charge in [-0.1, -0.05) is 20.8 Å². The van der Waals surface area contributed by atoms with Gasteiger partial charge in [0.15, 0.2) is 5.82 Å². The predicted octanol–water partition coefficient (Wildman–Crippen LogP) is 2.88. The Bertz CT molecular complexity index is 399. The molecule has 0 spiro atoms. The second-order valence-electron chi connectivity index (χ2n) is 4.74. The first-order valence-corrected chi connectivity index (χ1v) is 8.67. The zero-order valence-electron chi connectivity index (χ0n) is 13.7. The number of anilines is 1. The van der Waals surface area contributed by atoms with Gasteiger partial charge in [-0.3, -0.25) is 0 Å². The van der Waals surface area contributed by atoms with Gasteiger partial charge in [-0.05, 0) is 19.5 Å². The average molecular weight is 312 g/mol. The summed E-state index contributed by atoms with van der Waals surface area (Å²) in [5.41, 5.74) is 0. The summed E-state index contributed by atoms with van der Waals surface area (Å²) in [5, 5.41) is 4.34. The van der Waals surface area contributed by atoms with Crippen LogP contribution < -0.4 is 5.32 Å². The van der Waals surface area contributed by atoms with E-state index >= 15 is 0 Å². The van der Waals surface area contributed by atoms with Crippen molar-refractivity contribution in [2.75, 3.05) is 44.4 Å². The second kappa shape index (κ2) is 10.8. The van der Waals surface area contributed by atoms with Crippen LogP contribution in [0.2, 0.25) is 0 Å². The molecule has 21 heavy (non-hydrogen) atoms. The molecule has 0 aliphatic carbocycles. The van der Waals surface area contributed by atoms with Crippen molar-refractivity contribution in [2.45, 2.75) is 38.8 Å². The minimum absolute atomic E-state index is 0.450. The normalized spacial score (nSPS) is 11.1. The molecule has 0 unspecified atom stereocenters. The molecular formula is C15H28N4OS. The molecule has 0 radical (unpaired) electrons. The van der Waals surface area contributed by atoms with Gasteiger partial charge in [0.25, 0.3) is 0 Å². The van der Waals surface area contributed by atoms with Crippen LogP contribution in [0.15, 0.2) is 11.1 Å². The maximum absolute atomic E-state index is 5.15. The number of ether oxygens (including phenoxy) is 1. The van der Waals surface area contributed by atoms with E-state index in [1.165, 1.54) is 0 Å². The van der Waals surface area contributed by atoms with Gasteiger partial charge < -0.3 is 15.0 Å². The maximum Gasteiger partial charge on any atom is 0.157 e. The molecule has 1 aromatic heterocycles. The van der Waals surface area contributed by atoms with E-state index in [4.69, 9.17) is 4.74 Å². The lowest BCUT2D eigenvalue weighted by Crippen LogP contribution is -2.25. The first-order chi connectivity index (χ1) is 10.2. The third-order valence-corrected chi connectivity index (χ3v) is 4.02. The Balaban J connectivity index is 2.63. The molecule has 0 bridgehead atoms. The third kappa shape index (κ3) is 7.11. The Morgan fingerprint density at radius 1 is 1.24 bits per heavy atom. The Morgan fingerprint density at radius 3 is 2.62 bits per heavy atom. The van der Waals surface area contributed by atoms with E-state index in [2.05, 4.69) is 41.0 Å². The Labute approximate surface area is 132 Å². The van der Waals surface area contributed by atoms with Gasteiger partial charge in [0.2, 0.25) is 0 Å². The molecule has 120 valence electrons. The predicted molar refractivity (Wildman–Crippen MR) is 90.0 cm³/mol.